The van der Waals surface area contributed by atoms with Crippen LogP contribution < -0.4 is 4.74 Å². The minimum absolute atomic E-state index is 0.307. The van der Waals surface area contributed by atoms with E-state index >= 15 is 0 Å². The van der Waals surface area contributed by atoms with Crippen molar-refractivity contribution in [2.24, 2.45) is 0 Å². The largest absolute Gasteiger partial charge is 0.497 e. The number of H-pyrrole nitrogens is 1. The van der Waals surface area contributed by atoms with Gasteiger partial charge in [0.2, 0.25) is 5.89 Å². The van der Waals surface area contributed by atoms with Crippen molar-refractivity contribution >= 4 is 5.97 Å². The van der Waals surface area contributed by atoms with Crippen molar-refractivity contribution < 1.29 is 18.7 Å². The van der Waals surface area contributed by atoms with Crippen LogP contribution in [0.25, 0.3) is 23.0 Å². The van der Waals surface area contributed by atoms with Crippen molar-refractivity contribution in [2.75, 3.05) is 13.7 Å². The monoisotopic (exact) mass is 379 g/mol. The van der Waals surface area contributed by atoms with Crippen molar-refractivity contribution in [3.63, 3.8) is 0 Å². The van der Waals surface area contributed by atoms with Crippen molar-refractivity contribution in [2.45, 2.75) is 13.3 Å². The minimum Gasteiger partial charge on any atom is -0.497 e. The number of hydrogen-bond donors (Lipinski definition) is 1. The molecule has 142 valence electrons. The third kappa shape index (κ3) is 2.29. The molecule has 0 radical (unpaired) electrons. The molecule has 0 bridgehead atoms. The van der Waals surface area contributed by atoms with Crippen molar-refractivity contribution in [3.8, 4) is 28.7 Å². The van der Waals surface area contributed by atoms with E-state index in [2.05, 4.69) is 15.1 Å². The zero-order valence-electron chi connectivity index (χ0n) is 15.3. The smallest absolute Gasteiger partial charge is 0.358 e. The van der Waals surface area contributed by atoms with Gasteiger partial charge in [0.25, 0.3) is 0 Å². The summed E-state index contributed by atoms with van der Waals surface area (Å²) in [7, 11) is 1.62. The molecule has 0 saturated carbocycles. The number of imidazole rings is 1. The standard InChI is InChI=1S/C19H17N5O4/c1-3-27-19(25)17-15-9-14-16(18-20-6-7-28-18)21-10-23(14)12-5-4-11(26-2)8-13(12)24(15)22-17/h4-8,10,22H,3,9H2,1-2H3. The average Bonchev–Trinajstić information content (AvgIpc) is 3.33. The average molecular weight is 379 g/mol. The molecule has 3 aromatic heterocycles. The lowest BCUT2D eigenvalue weighted by Gasteiger charge is -2.22. The van der Waals surface area contributed by atoms with Gasteiger partial charge in [-0.2, -0.15) is 0 Å². The van der Waals surface area contributed by atoms with Crippen LogP contribution in [0.4, 0.5) is 0 Å². The molecular formula is C19H17N5O4. The number of benzene rings is 1. The lowest BCUT2D eigenvalue weighted by Crippen LogP contribution is -2.25. The normalized spacial score (nSPS) is 12.1. The van der Waals surface area contributed by atoms with Crippen LogP contribution in [0, 0.1) is 0 Å². The topological polar surface area (TPSA) is 100 Å². The van der Waals surface area contributed by atoms with Gasteiger partial charge >= 0.3 is 5.97 Å². The van der Waals surface area contributed by atoms with Gasteiger partial charge in [0.05, 0.1) is 42.7 Å². The van der Waals surface area contributed by atoms with Crippen LogP contribution in [0.3, 0.4) is 0 Å². The van der Waals surface area contributed by atoms with Gasteiger partial charge in [0.1, 0.15) is 24.0 Å². The number of esters is 1. The minimum atomic E-state index is -0.385. The van der Waals surface area contributed by atoms with Crippen LogP contribution in [0.2, 0.25) is 0 Å². The summed E-state index contributed by atoms with van der Waals surface area (Å²) in [5.74, 6) is 0.757. The fourth-order valence-corrected chi connectivity index (χ4v) is 3.48. The molecule has 28 heavy (non-hydrogen) atoms. The van der Waals surface area contributed by atoms with E-state index in [4.69, 9.17) is 13.9 Å². The summed E-state index contributed by atoms with van der Waals surface area (Å²) in [5, 5.41) is 3.10. The molecule has 0 unspecified atom stereocenters. The Hall–Kier alpha value is -3.75. The molecule has 0 spiro atoms. The molecule has 1 aliphatic rings. The molecule has 0 atom stereocenters. The van der Waals surface area contributed by atoms with E-state index in [0.717, 1.165) is 22.8 Å². The molecule has 0 saturated heterocycles. The summed E-state index contributed by atoms with van der Waals surface area (Å²) >= 11 is 0. The lowest BCUT2D eigenvalue weighted by molar-refractivity contribution is 0.0509. The molecule has 0 fully saturated rings. The van der Waals surface area contributed by atoms with Gasteiger partial charge in [-0.05, 0) is 19.1 Å². The summed E-state index contributed by atoms with van der Waals surface area (Å²) in [5.41, 5.74) is 4.47. The zero-order chi connectivity index (χ0) is 19.3. The highest BCUT2D eigenvalue weighted by Gasteiger charge is 2.31. The Kier molecular flexibility index (Phi) is 3.61. The maximum absolute atomic E-state index is 12.3. The maximum atomic E-state index is 12.3. The Bertz CT molecular complexity index is 1170. The van der Waals surface area contributed by atoms with Crippen LogP contribution in [0.5, 0.6) is 5.75 Å². The zero-order valence-corrected chi connectivity index (χ0v) is 15.3. The van der Waals surface area contributed by atoms with E-state index in [1.54, 1.807) is 26.6 Å². The first kappa shape index (κ1) is 16.4. The van der Waals surface area contributed by atoms with E-state index in [-0.39, 0.29) is 5.97 Å². The number of aromatic nitrogens is 5. The van der Waals surface area contributed by atoms with E-state index < -0.39 is 0 Å². The number of fused-ring (bicyclic) bond motifs is 5. The molecule has 9 nitrogen and oxygen atoms in total. The molecule has 1 aromatic carbocycles. The number of rotatable bonds is 4. The first-order valence-electron chi connectivity index (χ1n) is 8.82. The van der Waals surface area contributed by atoms with Crippen LogP contribution >= 0.6 is 0 Å². The number of nitrogens with zero attached hydrogens (tertiary/aromatic N) is 4. The second-order valence-corrected chi connectivity index (χ2v) is 6.27. The third-order valence-corrected chi connectivity index (χ3v) is 4.78. The fraction of sp³-hybridized carbons (Fsp3) is 0.211. The van der Waals surface area contributed by atoms with Gasteiger partial charge in [-0.3, -0.25) is 14.3 Å². The molecular weight excluding hydrogens is 362 g/mol. The fourth-order valence-electron chi connectivity index (χ4n) is 3.48. The highest BCUT2D eigenvalue weighted by molar-refractivity contribution is 5.90. The number of carbonyl (C=O) groups is 1. The quantitative estimate of drug-likeness (QED) is 0.482. The van der Waals surface area contributed by atoms with E-state index in [9.17, 15) is 4.79 Å². The molecule has 4 aromatic rings. The molecule has 1 aliphatic heterocycles. The Morgan fingerprint density at radius 2 is 2.18 bits per heavy atom. The maximum Gasteiger partial charge on any atom is 0.358 e. The number of nitrogens with one attached hydrogen (secondary N) is 1. The third-order valence-electron chi connectivity index (χ3n) is 4.78. The SMILES string of the molecule is CCOC(=O)c1[nH]n2c1Cc1c(-c3ncco3)ncn1-c1ccc(OC)cc1-2. The number of methoxy groups -OCH3 is 1. The Morgan fingerprint density at radius 1 is 1.29 bits per heavy atom. The molecule has 5 rings (SSSR count). The summed E-state index contributed by atoms with van der Waals surface area (Å²) < 4.78 is 19.9. The molecule has 4 heterocycles. The summed E-state index contributed by atoms with van der Waals surface area (Å²) in [6, 6.07) is 5.74. The second-order valence-electron chi connectivity index (χ2n) is 6.27. The van der Waals surface area contributed by atoms with Gasteiger partial charge in [-0.25, -0.2) is 14.8 Å². The van der Waals surface area contributed by atoms with Crippen LogP contribution in [0.1, 0.15) is 28.8 Å². The summed E-state index contributed by atoms with van der Waals surface area (Å²) in [6.07, 6.45) is 5.28. The first-order chi connectivity index (χ1) is 13.7. The first-order valence-corrected chi connectivity index (χ1v) is 8.82. The second kappa shape index (κ2) is 6.15. The molecule has 0 aliphatic carbocycles. The summed E-state index contributed by atoms with van der Waals surface area (Å²) in [4.78, 5) is 21.1. The van der Waals surface area contributed by atoms with Gasteiger partial charge in [0, 0.05) is 12.5 Å². The molecule has 0 amide bonds. The van der Waals surface area contributed by atoms with Crippen LogP contribution in [-0.4, -0.2) is 44.0 Å². The summed E-state index contributed by atoms with van der Waals surface area (Å²) in [6.45, 7) is 2.09. The van der Waals surface area contributed by atoms with E-state index in [1.807, 2.05) is 27.4 Å². The number of aromatic amines is 1. The van der Waals surface area contributed by atoms with Crippen LogP contribution in [-0.2, 0) is 11.2 Å². The number of hydrogen-bond acceptors (Lipinski definition) is 6. The van der Waals surface area contributed by atoms with Crippen molar-refractivity contribution in [1.82, 2.24) is 24.3 Å². The Labute approximate surface area is 159 Å². The Morgan fingerprint density at radius 3 is 2.93 bits per heavy atom. The molecule has 1 N–H and O–H groups in total. The highest BCUT2D eigenvalue weighted by Crippen LogP contribution is 2.36. The Balaban J connectivity index is 1.73. The van der Waals surface area contributed by atoms with E-state index in [0.29, 0.717) is 36.1 Å². The van der Waals surface area contributed by atoms with Gasteiger partial charge in [0.15, 0.2) is 5.69 Å². The predicted molar refractivity (Wildman–Crippen MR) is 98.1 cm³/mol. The van der Waals surface area contributed by atoms with Crippen molar-refractivity contribution in [3.05, 3.63) is 54.1 Å². The van der Waals surface area contributed by atoms with E-state index in [1.165, 1.54) is 6.26 Å². The van der Waals surface area contributed by atoms with Gasteiger partial charge in [-0.1, -0.05) is 0 Å². The van der Waals surface area contributed by atoms with Gasteiger partial charge in [-0.15, -0.1) is 0 Å². The highest BCUT2D eigenvalue weighted by atomic mass is 16.5. The van der Waals surface area contributed by atoms with Crippen molar-refractivity contribution in [1.29, 1.82) is 0 Å². The number of carbonyl (C=O) groups excluding carboxylic acids is 1. The van der Waals surface area contributed by atoms with Crippen LogP contribution in [0.15, 0.2) is 41.4 Å². The molecule has 9 heteroatoms. The predicted octanol–water partition coefficient (Wildman–Crippen LogP) is 2.74. The number of oxazole rings is 1. The lowest BCUT2D eigenvalue weighted by atomic mass is 10.1. The van der Waals surface area contributed by atoms with Gasteiger partial charge < -0.3 is 13.9 Å². The number of ether oxygens (including phenoxy) is 2.